The highest BCUT2D eigenvalue weighted by Crippen LogP contribution is 2.25. The van der Waals surface area contributed by atoms with Crippen LogP contribution >= 0.6 is 0 Å². The van der Waals surface area contributed by atoms with Crippen LogP contribution < -0.4 is 0 Å². The summed E-state index contributed by atoms with van der Waals surface area (Å²) in [6, 6.07) is 18.9. The van der Waals surface area contributed by atoms with Gasteiger partial charge in [-0.1, -0.05) is 48.5 Å². The van der Waals surface area contributed by atoms with Crippen LogP contribution in [0.25, 0.3) is 10.9 Å². The number of aromatic nitrogens is 1. The van der Waals surface area contributed by atoms with E-state index in [-0.39, 0.29) is 5.78 Å². The number of Topliss-reactive ketones (excluding diaryl/α,β-unsaturated/α-hetero) is 1. The Kier molecular flexibility index (Phi) is 3.75. The third-order valence-corrected chi connectivity index (χ3v) is 3.47. The molecule has 1 heterocycles. The molecule has 0 aliphatic carbocycles. The number of pyridine rings is 1. The lowest BCUT2D eigenvalue weighted by atomic mass is 9.98. The molecule has 21 heavy (non-hydrogen) atoms. The summed E-state index contributed by atoms with van der Waals surface area (Å²) in [4.78, 5) is 17.2. The van der Waals surface area contributed by atoms with Gasteiger partial charge in [-0.2, -0.15) is 0 Å². The highest BCUT2D eigenvalue weighted by molar-refractivity contribution is 6.09. The third kappa shape index (κ3) is 2.56. The second kappa shape index (κ2) is 5.85. The van der Waals surface area contributed by atoms with Crippen LogP contribution in [-0.4, -0.2) is 17.9 Å². The molecule has 1 atom stereocenters. The SMILES string of the molecule is CO[C@H](C(=O)c1cccc2cccnc12)c1ccccc1. The number of fused-ring (bicyclic) bond motifs is 1. The molecule has 3 rings (SSSR count). The van der Waals surface area contributed by atoms with Crippen molar-refractivity contribution in [2.45, 2.75) is 6.10 Å². The molecule has 3 heteroatoms. The molecule has 104 valence electrons. The monoisotopic (exact) mass is 277 g/mol. The predicted molar refractivity (Wildman–Crippen MR) is 82.3 cm³/mol. The first-order chi connectivity index (χ1) is 10.3. The maximum atomic E-state index is 12.8. The van der Waals surface area contributed by atoms with Gasteiger partial charge in [-0.25, -0.2) is 0 Å². The average Bonchev–Trinajstić information content (AvgIpc) is 2.56. The molecule has 0 bridgehead atoms. The summed E-state index contributed by atoms with van der Waals surface area (Å²) in [5.41, 5.74) is 2.14. The molecule has 0 radical (unpaired) electrons. The quantitative estimate of drug-likeness (QED) is 0.681. The van der Waals surface area contributed by atoms with E-state index in [1.54, 1.807) is 19.4 Å². The molecule has 1 aromatic heterocycles. The topological polar surface area (TPSA) is 39.2 Å². The van der Waals surface area contributed by atoms with E-state index in [9.17, 15) is 4.79 Å². The molecule has 0 aliphatic rings. The predicted octanol–water partition coefficient (Wildman–Crippen LogP) is 3.81. The zero-order chi connectivity index (χ0) is 14.7. The fraction of sp³-hybridized carbons (Fsp3) is 0.111. The first kappa shape index (κ1) is 13.5. The van der Waals surface area contributed by atoms with Crippen LogP contribution in [0, 0.1) is 0 Å². The Morgan fingerprint density at radius 1 is 1.00 bits per heavy atom. The molecule has 0 spiro atoms. The molecule has 0 unspecified atom stereocenters. The fourth-order valence-corrected chi connectivity index (χ4v) is 2.47. The Morgan fingerprint density at radius 2 is 1.76 bits per heavy atom. The van der Waals surface area contributed by atoms with Crippen molar-refractivity contribution >= 4 is 16.7 Å². The van der Waals surface area contributed by atoms with Gasteiger partial charge in [0.05, 0.1) is 5.52 Å². The maximum absolute atomic E-state index is 12.8. The van der Waals surface area contributed by atoms with Gasteiger partial charge in [0.2, 0.25) is 0 Å². The van der Waals surface area contributed by atoms with Gasteiger partial charge >= 0.3 is 0 Å². The van der Waals surface area contributed by atoms with E-state index in [1.165, 1.54) is 0 Å². The Bertz CT molecular complexity index is 763. The van der Waals surface area contributed by atoms with E-state index in [2.05, 4.69) is 4.98 Å². The zero-order valence-corrected chi connectivity index (χ0v) is 11.7. The van der Waals surface area contributed by atoms with Crippen LogP contribution in [0.15, 0.2) is 66.9 Å². The van der Waals surface area contributed by atoms with Gasteiger partial charge in [0.25, 0.3) is 0 Å². The number of nitrogens with zero attached hydrogens (tertiary/aromatic N) is 1. The van der Waals surface area contributed by atoms with Crippen LogP contribution in [0.2, 0.25) is 0 Å². The molecule has 2 aromatic carbocycles. The number of rotatable bonds is 4. The van der Waals surface area contributed by atoms with Crippen molar-refractivity contribution in [2.75, 3.05) is 7.11 Å². The van der Waals surface area contributed by atoms with E-state index in [0.29, 0.717) is 11.1 Å². The molecule has 0 fully saturated rings. The molecule has 0 N–H and O–H groups in total. The highest BCUT2D eigenvalue weighted by Gasteiger charge is 2.23. The minimum atomic E-state index is -0.612. The van der Waals surface area contributed by atoms with Crippen molar-refractivity contribution in [3.8, 4) is 0 Å². The first-order valence-electron chi connectivity index (χ1n) is 6.77. The minimum Gasteiger partial charge on any atom is -0.369 e. The number of para-hydroxylation sites is 1. The number of hydrogen-bond donors (Lipinski definition) is 0. The largest absolute Gasteiger partial charge is 0.369 e. The summed E-state index contributed by atoms with van der Waals surface area (Å²) < 4.78 is 5.42. The number of ether oxygens (including phenoxy) is 1. The molecular weight excluding hydrogens is 262 g/mol. The highest BCUT2D eigenvalue weighted by atomic mass is 16.5. The lowest BCUT2D eigenvalue weighted by Gasteiger charge is -2.15. The molecule has 3 aromatic rings. The van der Waals surface area contributed by atoms with Gasteiger partial charge in [-0.3, -0.25) is 9.78 Å². The average molecular weight is 277 g/mol. The number of carbonyl (C=O) groups excluding carboxylic acids is 1. The van der Waals surface area contributed by atoms with E-state index in [0.717, 1.165) is 10.9 Å². The Hall–Kier alpha value is -2.52. The van der Waals surface area contributed by atoms with Gasteiger partial charge in [-0.05, 0) is 17.7 Å². The van der Waals surface area contributed by atoms with E-state index >= 15 is 0 Å². The Morgan fingerprint density at radius 3 is 2.52 bits per heavy atom. The number of carbonyl (C=O) groups is 1. The van der Waals surface area contributed by atoms with Crippen molar-refractivity contribution in [1.82, 2.24) is 4.98 Å². The third-order valence-electron chi connectivity index (χ3n) is 3.47. The summed E-state index contributed by atoms with van der Waals surface area (Å²) in [5.74, 6) is -0.0759. The van der Waals surface area contributed by atoms with E-state index in [4.69, 9.17) is 4.74 Å². The summed E-state index contributed by atoms with van der Waals surface area (Å²) in [5, 5.41) is 0.950. The minimum absolute atomic E-state index is 0.0759. The summed E-state index contributed by atoms with van der Waals surface area (Å²) in [7, 11) is 1.55. The number of ketones is 1. The molecule has 0 saturated heterocycles. The maximum Gasteiger partial charge on any atom is 0.198 e. The van der Waals surface area contributed by atoms with Gasteiger partial charge in [0.15, 0.2) is 5.78 Å². The van der Waals surface area contributed by atoms with Crippen LogP contribution in [0.1, 0.15) is 22.0 Å². The van der Waals surface area contributed by atoms with Crippen molar-refractivity contribution < 1.29 is 9.53 Å². The summed E-state index contributed by atoms with van der Waals surface area (Å²) in [6.45, 7) is 0. The van der Waals surface area contributed by atoms with Crippen LogP contribution in [0.4, 0.5) is 0 Å². The van der Waals surface area contributed by atoms with Crippen LogP contribution in [-0.2, 0) is 4.74 Å². The van der Waals surface area contributed by atoms with Crippen LogP contribution in [0.5, 0.6) is 0 Å². The second-order valence-electron chi connectivity index (χ2n) is 4.77. The normalized spacial score (nSPS) is 12.2. The summed E-state index contributed by atoms with van der Waals surface area (Å²) >= 11 is 0. The number of benzene rings is 2. The number of hydrogen-bond acceptors (Lipinski definition) is 3. The van der Waals surface area contributed by atoms with Gasteiger partial charge in [0, 0.05) is 24.3 Å². The van der Waals surface area contributed by atoms with Gasteiger partial charge in [0.1, 0.15) is 6.10 Å². The van der Waals surface area contributed by atoms with E-state index in [1.807, 2.05) is 54.6 Å². The van der Waals surface area contributed by atoms with Crippen LogP contribution in [0.3, 0.4) is 0 Å². The molecular formula is C18H15NO2. The standard InChI is InChI=1S/C18H15NO2/c1-21-18(14-7-3-2-4-8-14)17(20)15-11-5-9-13-10-6-12-19-16(13)15/h2-12,18H,1H3/t18-/m0/s1. The van der Waals surface area contributed by atoms with Crippen molar-refractivity contribution in [1.29, 1.82) is 0 Å². The van der Waals surface area contributed by atoms with Crippen molar-refractivity contribution in [3.05, 3.63) is 78.0 Å². The second-order valence-corrected chi connectivity index (χ2v) is 4.77. The van der Waals surface area contributed by atoms with Gasteiger partial charge in [-0.15, -0.1) is 0 Å². The lowest BCUT2D eigenvalue weighted by molar-refractivity contribution is 0.0606. The molecule has 0 aliphatic heterocycles. The fourth-order valence-electron chi connectivity index (χ4n) is 2.47. The molecule has 3 nitrogen and oxygen atoms in total. The van der Waals surface area contributed by atoms with E-state index < -0.39 is 6.10 Å². The molecule has 0 saturated carbocycles. The molecule has 0 amide bonds. The smallest absolute Gasteiger partial charge is 0.198 e. The Balaban J connectivity index is 2.07. The Labute approximate surface area is 123 Å². The zero-order valence-electron chi connectivity index (χ0n) is 11.7. The van der Waals surface area contributed by atoms with Crippen molar-refractivity contribution in [3.63, 3.8) is 0 Å². The number of methoxy groups -OCH3 is 1. The van der Waals surface area contributed by atoms with Gasteiger partial charge < -0.3 is 4.74 Å². The van der Waals surface area contributed by atoms with Crippen molar-refractivity contribution in [2.24, 2.45) is 0 Å². The lowest BCUT2D eigenvalue weighted by Crippen LogP contribution is -2.15. The first-order valence-corrected chi connectivity index (χ1v) is 6.77. The summed E-state index contributed by atoms with van der Waals surface area (Å²) in [6.07, 6.45) is 1.09.